The average Bonchev–Trinajstić information content (AvgIpc) is 3.32. The summed E-state index contributed by atoms with van der Waals surface area (Å²) < 4.78 is 40.1. The molecular weight excluding hydrogens is 431 g/mol. The number of amides is 1. The van der Waals surface area contributed by atoms with Crippen LogP contribution in [0.5, 0.6) is 0 Å². The topological polar surface area (TPSA) is 63.1 Å². The summed E-state index contributed by atoms with van der Waals surface area (Å²) in [5, 5.41) is 7.41. The van der Waals surface area contributed by atoms with E-state index in [1.54, 1.807) is 23.1 Å². The van der Waals surface area contributed by atoms with Crippen molar-refractivity contribution in [2.75, 3.05) is 18.4 Å². The normalized spacial score (nSPS) is 18.9. The molecule has 174 valence electrons. The Kier molecular flexibility index (Phi) is 6.40. The van der Waals surface area contributed by atoms with Crippen LogP contribution in [0.4, 0.5) is 19.0 Å². The Bertz CT molecular complexity index is 1100. The van der Waals surface area contributed by atoms with Gasteiger partial charge in [0.25, 0.3) is 5.91 Å². The van der Waals surface area contributed by atoms with E-state index in [0.29, 0.717) is 30.2 Å². The Morgan fingerprint density at radius 3 is 2.73 bits per heavy atom. The van der Waals surface area contributed by atoms with Crippen molar-refractivity contribution in [3.8, 4) is 5.69 Å². The lowest BCUT2D eigenvalue weighted by Crippen LogP contribution is -2.51. The second kappa shape index (κ2) is 9.25. The smallest absolute Gasteiger partial charge is 0.368 e. The first-order chi connectivity index (χ1) is 15.7. The summed E-state index contributed by atoms with van der Waals surface area (Å²) in [7, 11) is 0. The van der Waals surface area contributed by atoms with Crippen LogP contribution in [0.1, 0.15) is 41.3 Å². The van der Waals surface area contributed by atoms with Gasteiger partial charge in [-0.05, 0) is 56.0 Å². The van der Waals surface area contributed by atoms with Crippen molar-refractivity contribution in [1.82, 2.24) is 19.7 Å². The maximum atomic E-state index is 13.7. The van der Waals surface area contributed by atoms with Gasteiger partial charge in [-0.1, -0.05) is 18.6 Å². The number of aromatic nitrogens is 3. The zero-order valence-electron chi connectivity index (χ0n) is 18.5. The standard InChI is InChI=1S/C24H26F3N5O/c1-16-6-8-20(32-12-4-10-30-32)19(13-16)23(33)31-11-3-5-17(2)21(31)15-29-22-9-7-18(14-28-22)24(25,26)27/h4,6-10,12-14,17,21H,3,5,11,15H2,1-2H3,(H,28,29)/t17-,21?/m1/s1. The van der Waals surface area contributed by atoms with Gasteiger partial charge in [-0.3, -0.25) is 4.79 Å². The number of likely N-dealkylation sites (tertiary alicyclic amines) is 1. The van der Waals surface area contributed by atoms with E-state index in [-0.39, 0.29) is 17.9 Å². The number of pyridine rings is 1. The predicted octanol–water partition coefficient (Wildman–Crippen LogP) is 4.95. The molecule has 2 atom stereocenters. The summed E-state index contributed by atoms with van der Waals surface area (Å²) in [5.74, 6) is 0.492. The van der Waals surface area contributed by atoms with E-state index < -0.39 is 11.7 Å². The minimum atomic E-state index is -4.42. The molecule has 1 aliphatic rings. The molecule has 0 spiro atoms. The van der Waals surface area contributed by atoms with Crippen LogP contribution < -0.4 is 5.32 Å². The van der Waals surface area contributed by atoms with Gasteiger partial charge in [0, 0.05) is 31.7 Å². The number of hydrogen-bond acceptors (Lipinski definition) is 4. The minimum Gasteiger partial charge on any atom is -0.368 e. The van der Waals surface area contributed by atoms with Crippen molar-refractivity contribution in [1.29, 1.82) is 0 Å². The number of aryl methyl sites for hydroxylation is 1. The monoisotopic (exact) mass is 457 g/mol. The number of halogens is 3. The predicted molar refractivity (Wildman–Crippen MR) is 119 cm³/mol. The highest BCUT2D eigenvalue weighted by Crippen LogP contribution is 2.30. The molecule has 1 saturated heterocycles. The molecule has 0 radical (unpaired) electrons. The van der Waals surface area contributed by atoms with E-state index >= 15 is 0 Å². The largest absolute Gasteiger partial charge is 0.417 e. The number of carbonyl (C=O) groups excluding carboxylic acids is 1. The molecule has 9 heteroatoms. The first-order valence-electron chi connectivity index (χ1n) is 10.9. The first kappa shape index (κ1) is 22.8. The van der Waals surface area contributed by atoms with Crippen LogP contribution in [0.25, 0.3) is 5.69 Å². The van der Waals surface area contributed by atoms with Gasteiger partial charge in [-0.25, -0.2) is 9.67 Å². The number of piperidine rings is 1. The number of hydrogen-bond donors (Lipinski definition) is 1. The molecule has 0 aliphatic carbocycles. The van der Waals surface area contributed by atoms with Gasteiger partial charge < -0.3 is 10.2 Å². The summed E-state index contributed by atoms with van der Waals surface area (Å²) in [6.07, 6.45) is 1.73. The third-order valence-electron chi connectivity index (χ3n) is 6.09. The molecule has 1 unspecified atom stereocenters. The van der Waals surface area contributed by atoms with E-state index in [9.17, 15) is 18.0 Å². The van der Waals surface area contributed by atoms with Crippen molar-refractivity contribution < 1.29 is 18.0 Å². The fourth-order valence-electron chi connectivity index (χ4n) is 4.27. The summed E-state index contributed by atoms with van der Waals surface area (Å²) >= 11 is 0. The van der Waals surface area contributed by atoms with E-state index in [4.69, 9.17) is 0 Å². The van der Waals surface area contributed by atoms with Gasteiger partial charge in [0.05, 0.1) is 22.9 Å². The lowest BCUT2D eigenvalue weighted by Gasteiger charge is -2.40. The SMILES string of the molecule is Cc1ccc(-n2cccn2)c(C(=O)N2CCC[C@@H](C)C2CNc2ccc(C(F)(F)F)cn2)c1. The van der Waals surface area contributed by atoms with Crippen molar-refractivity contribution in [2.45, 2.75) is 38.9 Å². The number of rotatable bonds is 5. The number of nitrogens with one attached hydrogen (secondary N) is 1. The van der Waals surface area contributed by atoms with Gasteiger partial charge in [0.1, 0.15) is 5.82 Å². The average molecular weight is 458 g/mol. The molecule has 33 heavy (non-hydrogen) atoms. The third-order valence-corrected chi connectivity index (χ3v) is 6.09. The molecule has 1 N–H and O–H groups in total. The summed E-state index contributed by atoms with van der Waals surface area (Å²) in [6, 6.07) is 9.72. The van der Waals surface area contributed by atoms with Crippen molar-refractivity contribution in [2.24, 2.45) is 5.92 Å². The highest BCUT2D eigenvalue weighted by atomic mass is 19.4. The highest BCUT2D eigenvalue weighted by Gasteiger charge is 2.34. The van der Waals surface area contributed by atoms with Crippen molar-refractivity contribution in [3.63, 3.8) is 0 Å². The maximum absolute atomic E-state index is 13.7. The first-order valence-corrected chi connectivity index (χ1v) is 10.9. The molecule has 3 heterocycles. The number of carbonyl (C=O) groups is 1. The lowest BCUT2D eigenvalue weighted by atomic mass is 9.89. The third kappa shape index (κ3) is 5.02. The Morgan fingerprint density at radius 2 is 2.06 bits per heavy atom. The van der Waals surface area contributed by atoms with Crippen LogP contribution in [0.3, 0.4) is 0 Å². The van der Waals surface area contributed by atoms with Crippen LogP contribution in [0.2, 0.25) is 0 Å². The zero-order valence-corrected chi connectivity index (χ0v) is 18.5. The maximum Gasteiger partial charge on any atom is 0.417 e. The number of nitrogens with zero attached hydrogens (tertiary/aromatic N) is 4. The summed E-state index contributed by atoms with van der Waals surface area (Å²) in [5.41, 5.74) is 1.47. The van der Waals surface area contributed by atoms with Gasteiger partial charge in [0.2, 0.25) is 0 Å². The van der Waals surface area contributed by atoms with Gasteiger partial charge >= 0.3 is 6.18 Å². The number of benzene rings is 1. The van der Waals surface area contributed by atoms with E-state index in [1.807, 2.05) is 30.0 Å². The summed E-state index contributed by atoms with van der Waals surface area (Å²) in [6.45, 7) is 5.05. The number of alkyl halides is 3. The van der Waals surface area contributed by atoms with Crippen LogP contribution >= 0.6 is 0 Å². The molecule has 1 fully saturated rings. The Hall–Kier alpha value is -3.36. The molecule has 3 aromatic rings. The molecule has 0 saturated carbocycles. The fourth-order valence-corrected chi connectivity index (χ4v) is 4.27. The highest BCUT2D eigenvalue weighted by molar-refractivity contribution is 5.98. The van der Waals surface area contributed by atoms with Gasteiger partial charge in [-0.2, -0.15) is 18.3 Å². The second-order valence-corrected chi connectivity index (χ2v) is 8.47. The molecule has 1 aliphatic heterocycles. The molecule has 0 bridgehead atoms. The quantitative estimate of drug-likeness (QED) is 0.589. The zero-order chi connectivity index (χ0) is 23.6. The molecule has 1 amide bonds. The summed E-state index contributed by atoms with van der Waals surface area (Å²) in [4.78, 5) is 19.5. The molecule has 1 aromatic carbocycles. The molecule has 6 nitrogen and oxygen atoms in total. The minimum absolute atomic E-state index is 0.0806. The van der Waals surface area contributed by atoms with Gasteiger partial charge in [-0.15, -0.1) is 0 Å². The molecule has 4 rings (SSSR count). The molecular formula is C24H26F3N5O. The van der Waals surface area contributed by atoms with Crippen LogP contribution in [0.15, 0.2) is 55.0 Å². The van der Waals surface area contributed by atoms with Crippen LogP contribution in [-0.4, -0.2) is 44.7 Å². The number of anilines is 1. The van der Waals surface area contributed by atoms with E-state index in [2.05, 4.69) is 22.3 Å². The van der Waals surface area contributed by atoms with E-state index in [1.165, 1.54) is 6.07 Å². The lowest BCUT2D eigenvalue weighted by molar-refractivity contribution is -0.137. The Labute approximate surface area is 190 Å². The second-order valence-electron chi connectivity index (χ2n) is 8.47. The van der Waals surface area contributed by atoms with Crippen molar-refractivity contribution >= 4 is 11.7 Å². The van der Waals surface area contributed by atoms with Gasteiger partial charge in [0.15, 0.2) is 0 Å². The Morgan fingerprint density at radius 1 is 1.24 bits per heavy atom. The van der Waals surface area contributed by atoms with Crippen LogP contribution in [0, 0.1) is 12.8 Å². The fraction of sp³-hybridized carbons (Fsp3) is 0.375. The Balaban J connectivity index is 1.55. The van der Waals surface area contributed by atoms with E-state index in [0.717, 1.165) is 30.7 Å². The van der Waals surface area contributed by atoms with Crippen LogP contribution in [-0.2, 0) is 6.18 Å². The van der Waals surface area contributed by atoms with Crippen molar-refractivity contribution in [3.05, 3.63) is 71.7 Å². The molecule has 2 aromatic heterocycles.